The standard InChI is InChI=1S/C25H28N6O8S2/c26-25-27-15(11-41-25)17(29-39-14-5-1-2-6-14)20(34)28-18-22(36)31-19(24(37)38)13(10-40-23(18)31)8-12-4-3-7-30(21(12)35)9-16(32)33/h8,11,14,18,23H,1-7,9-10H2,(H2,26,27)(H,28,34)(H,32,33)(H,37,38)/b12-8+,29-17-/t18-,23-/m1/s1. The van der Waals surface area contributed by atoms with Crippen LogP contribution in [0.5, 0.6) is 0 Å². The number of thioether (sulfide) groups is 1. The normalized spacial score (nSPS) is 24.4. The Kier molecular flexibility index (Phi) is 8.30. The number of oxime groups is 1. The van der Waals surface area contributed by atoms with Gasteiger partial charge in [-0.2, -0.15) is 0 Å². The molecule has 41 heavy (non-hydrogen) atoms. The number of likely N-dealkylation sites (tertiary alicyclic amines) is 1. The summed E-state index contributed by atoms with van der Waals surface area (Å²) in [5.41, 5.74) is 6.10. The number of rotatable bonds is 9. The summed E-state index contributed by atoms with van der Waals surface area (Å²) in [5.74, 6) is -4.13. The first-order valence-electron chi connectivity index (χ1n) is 13.0. The van der Waals surface area contributed by atoms with Crippen molar-refractivity contribution in [1.29, 1.82) is 0 Å². The van der Waals surface area contributed by atoms with E-state index >= 15 is 0 Å². The van der Waals surface area contributed by atoms with Gasteiger partial charge < -0.3 is 31.0 Å². The second-order valence-corrected chi connectivity index (χ2v) is 12.0. The lowest BCUT2D eigenvalue weighted by Crippen LogP contribution is -2.71. The lowest BCUT2D eigenvalue weighted by Gasteiger charge is -2.49. The highest BCUT2D eigenvalue weighted by atomic mass is 32.2. The van der Waals surface area contributed by atoms with Gasteiger partial charge in [-0.3, -0.25) is 24.1 Å². The quantitative estimate of drug-likeness (QED) is 0.134. The van der Waals surface area contributed by atoms with Crippen molar-refractivity contribution in [3.63, 3.8) is 0 Å². The number of carboxylic acids is 2. The topological polar surface area (TPSA) is 205 Å². The number of amides is 3. The fraction of sp³-hybridized carbons (Fsp3) is 0.480. The van der Waals surface area contributed by atoms with Crippen LogP contribution >= 0.6 is 23.1 Å². The lowest BCUT2D eigenvalue weighted by molar-refractivity contribution is -0.150. The summed E-state index contributed by atoms with van der Waals surface area (Å²) in [6, 6.07) is -1.02. The molecule has 2 saturated heterocycles. The van der Waals surface area contributed by atoms with Crippen LogP contribution in [0.15, 0.2) is 33.5 Å². The van der Waals surface area contributed by atoms with Gasteiger partial charge in [0.25, 0.3) is 11.8 Å². The molecule has 3 aliphatic heterocycles. The number of anilines is 1. The largest absolute Gasteiger partial charge is 0.480 e. The molecule has 1 saturated carbocycles. The third kappa shape index (κ3) is 5.93. The predicted molar refractivity (Wildman–Crippen MR) is 148 cm³/mol. The molecule has 2 atom stereocenters. The number of carboxylic acid groups (broad SMARTS) is 2. The molecule has 3 fully saturated rings. The minimum absolute atomic E-state index is 0.119. The third-order valence-electron chi connectivity index (χ3n) is 7.17. The van der Waals surface area contributed by atoms with E-state index in [0.29, 0.717) is 19.4 Å². The first-order chi connectivity index (χ1) is 19.6. The van der Waals surface area contributed by atoms with Gasteiger partial charge in [0, 0.05) is 23.3 Å². The smallest absolute Gasteiger partial charge is 0.352 e. The number of thiazole rings is 1. The summed E-state index contributed by atoms with van der Waals surface area (Å²) in [6.07, 6.45) is 5.86. The van der Waals surface area contributed by atoms with Crippen LogP contribution in [-0.4, -0.2) is 96.7 Å². The van der Waals surface area contributed by atoms with Crippen LogP contribution in [0.2, 0.25) is 0 Å². The summed E-state index contributed by atoms with van der Waals surface area (Å²) in [5, 5.41) is 26.9. The van der Waals surface area contributed by atoms with Crippen LogP contribution in [0.25, 0.3) is 0 Å². The van der Waals surface area contributed by atoms with E-state index in [2.05, 4.69) is 15.5 Å². The Morgan fingerprint density at radius 3 is 2.63 bits per heavy atom. The van der Waals surface area contributed by atoms with Crippen molar-refractivity contribution in [3.8, 4) is 0 Å². The number of nitrogens with two attached hydrogens (primary N) is 1. The Morgan fingerprint density at radius 2 is 1.98 bits per heavy atom. The van der Waals surface area contributed by atoms with Gasteiger partial charge in [-0.15, -0.1) is 23.1 Å². The molecule has 0 aromatic carbocycles. The molecule has 0 bridgehead atoms. The van der Waals surface area contributed by atoms with Crippen molar-refractivity contribution < 1.29 is 39.0 Å². The second-order valence-electron chi connectivity index (χ2n) is 9.96. The van der Waals surface area contributed by atoms with E-state index in [0.717, 1.165) is 41.9 Å². The van der Waals surface area contributed by atoms with Gasteiger partial charge in [-0.25, -0.2) is 9.78 Å². The fourth-order valence-corrected chi connectivity index (χ4v) is 7.07. The summed E-state index contributed by atoms with van der Waals surface area (Å²) < 4.78 is 0. The molecule has 1 aromatic rings. The van der Waals surface area contributed by atoms with Gasteiger partial charge in [-0.05, 0) is 50.2 Å². The average Bonchev–Trinajstić information content (AvgIpc) is 3.61. The van der Waals surface area contributed by atoms with Crippen LogP contribution in [0.4, 0.5) is 5.13 Å². The highest BCUT2D eigenvalue weighted by Crippen LogP contribution is 2.41. The molecular weight excluding hydrogens is 576 g/mol. The molecule has 4 heterocycles. The van der Waals surface area contributed by atoms with Crippen molar-refractivity contribution in [2.24, 2.45) is 5.16 Å². The van der Waals surface area contributed by atoms with Crippen LogP contribution in [0.1, 0.15) is 44.2 Å². The molecule has 0 unspecified atom stereocenters. The number of aliphatic carboxylic acids is 2. The first-order valence-corrected chi connectivity index (χ1v) is 15.0. The summed E-state index contributed by atoms with van der Waals surface area (Å²) in [4.78, 5) is 74.6. The van der Waals surface area contributed by atoms with E-state index in [1.54, 1.807) is 5.38 Å². The van der Waals surface area contributed by atoms with Crippen molar-refractivity contribution in [3.05, 3.63) is 34.0 Å². The van der Waals surface area contributed by atoms with E-state index < -0.39 is 47.6 Å². The van der Waals surface area contributed by atoms with Crippen LogP contribution in [0, 0.1) is 0 Å². The Hall–Kier alpha value is -3.92. The molecule has 16 heteroatoms. The highest BCUT2D eigenvalue weighted by molar-refractivity contribution is 8.00. The van der Waals surface area contributed by atoms with Gasteiger partial charge in [0.2, 0.25) is 5.91 Å². The van der Waals surface area contributed by atoms with E-state index in [9.17, 15) is 29.1 Å². The van der Waals surface area contributed by atoms with E-state index in [1.807, 2.05) is 0 Å². The zero-order chi connectivity index (χ0) is 29.3. The number of nitrogen functional groups attached to an aromatic ring is 1. The number of piperidine rings is 1. The van der Waals surface area contributed by atoms with E-state index in [4.69, 9.17) is 15.7 Å². The zero-order valence-corrected chi connectivity index (χ0v) is 23.4. The van der Waals surface area contributed by atoms with Crippen molar-refractivity contribution in [2.75, 3.05) is 24.6 Å². The minimum Gasteiger partial charge on any atom is -0.480 e. The summed E-state index contributed by atoms with van der Waals surface area (Å²) >= 11 is 2.37. The zero-order valence-electron chi connectivity index (χ0n) is 21.8. The monoisotopic (exact) mass is 604 g/mol. The molecule has 5 N–H and O–H groups in total. The molecular formula is C25H28N6O8S2. The van der Waals surface area contributed by atoms with Crippen molar-refractivity contribution in [2.45, 2.75) is 56.0 Å². The van der Waals surface area contributed by atoms with E-state index in [-0.39, 0.29) is 45.2 Å². The molecule has 218 valence electrons. The molecule has 0 radical (unpaired) electrons. The number of fused-ring (bicyclic) bond motifs is 1. The molecule has 1 aromatic heterocycles. The lowest BCUT2D eigenvalue weighted by atomic mass is 9.98. The Bertz CT molecular complexity index is 1380. The molecule has 0 spiro atoms. The number of hydrogen-bond acceptors (Lipinski definition) is 11. The van der Waals surface area contributed by atoms with Gasteiger partial charge in [0.1, 0.15) is 35.5 Å². The third-order valence-corrected chi connectivity index (χ3v) is 9.15. The molecule has 1 aliphatic carbocycles. The predicted octanol–water partition coefficient (Wildman–Crippen LogP) is 0.761. The van der Waals surface area contributed by atoms with Crippen LogP contribution < -0.4 is 11.1 Å². The maximum atomic E-state index is 13.3. The number of β-lactam (4-membered cyclic amide) rings is 1. The fourth-order valence-electron chi connectivity index (χ4n) is 5.22. The van der Waals surface area contributed by atoms with Gasteiger partial charge in [-0.1, -0.05) is 5.16 Å². The summed E-state index contributed by atoms with van der Waals surface area (Å²) in [7, 11) is 0. The Labute approximate surface area is 242 Å². The van der Waals surface area contributed by atoms with Crippen LogP contribution in [0.3, 0.4) is 0 Å². The number of hydrogen-bond donors (Lipinski definition) is 4. The molecule has 4 aliphatic rings. The van der Waals surface area contributed by atoms with Crippen molar-refractivity contribution >= 4 is 63.6 Å². The SMILES string of the molecule is Nc1nc(/C(=N/OC2CCCC2)C(=O)N[C@@H]2C(=O)N3C(C(=O)O)=C(/C=C4\CCCN(CC(=O)O)C4=O)CS[C@H]23)cs1. The molecule has 3 amide bonds. The number of nitrogens with one attached hydrogen (secondary N) is 1. The number of aromatic nitrogens is 1. The molecule has 14 nitrogen and oxygen atoms in total. The first kappa shape index (κ1) is 28.6. The number of nitrogens with zero attached hydrogens (tertiary/aromatic N) is 4. The Morgan fingerprint density at radius 1 is 1.22 bits per heavy atom. The van der Waals surface area contributed by atoms with Crippen molar-refractivity contribution in [1.82, 2.24) is 20.1 Å². The number of allylic oxidation sites excluding steroid dienone is 1. The maximum Gasteiger partial charge on any atom is 0.352 e. The average molecular weight is 605 g/mol. The summed E-state index contributed by atoms with van der Waals surface area (Å²) in [6.45, 7) is -0.158. The molecule has 5 rings (SSSR count). The van der Waals surface area contributed by atoms with Gasteiger partial charge in [0.05, 0.1) is 0 Å². The minimum atomic E-state index is -1.35. The number of carbonyl (C=O) groups is 5. The Balaban J connectivity index is 1.34. The highest BCUT2D eigenvalue weighted by Gasteiger charge is 2.54. The van der Waals surface area contributed by atoms with Crippen LogP contribution in [-0.2, 0) is 28.8 Å². The number of carbonyl (C=O) groups excluding carboxylic acids is 3. The maximum absolute atomic E-state index is 13.3. The van der Waals surface area contributed by atoms with Gasteiger partial charge in [0.15, 0.2) is 10.8 Å². The second kappa shape index (κ2) is 11.9. The van der Waals surface area contributed by atoms with Gasteiger partial charge >= 0.3 is 11.9 Å². The van der Waals surface area contributed by atoms with E-state index in [1.165, 1.54) is 22.7 Å².